The molecule has 0 aromatic heterocycles. The molecule has 6 heteroatoms. The van der Waals surface area contributed by atoms with Crippen molar-refractivity contribution in [2.45, 2.75) is 19.4 Å². The van der Waals surface area contributed by atoms with Crippen LogP contribution >= 0.6 is 0 Å². The minimum absolute atomic E-state index is 0.103. The molecular weight excluding hydrogens is 297 g/mol. The third-order valence-corrected chi connectivity index (χ3v) is 2.94. The molecule has 0 N–H and O–H groups in total. The monoisotopic (exact) mass is 310 g/mol. The van der Waals surface area contributed by atoms with Crippen LogP contribution in [0.2, 0.25) is 0 Å². The van der Waals surface area contributed by atoms with Crippen molar-refractivity contribution >= 4 is 6.47 Å². The molecule has 0 aliphatic heterocycles. The van der Waals surface area contributed by atoms with Crippen LogP contribution in [0.5, 0.6) is 5.75 Å². The van der Waals surface area contributed by atoms with Crippen molar-refractivity contribution in [3.8, 4) is 5.75 Å². The van der Waals surface area contributed by atoms with E-state index in [-0.39, 0.29) is 24.4 Å². The van der Waals surface area contributed by atoms with Crippen molar-refractivity contribution in [1.82, 2.24) is 0 Å². The lowest BCUT2D eigenvalue weighted by Crippen LogP contribution is -2.10. The topological polar surface area (TPSA) is 35.5 Å². The standard InChI is InChI=1S/C16H13F3O3/c17-16(18,19)15-8-14(7-6-13(15)10-21-11-20)22-9-12-4-2-1-3-5-12/h1-8,11H,9-10H2. The van der Waals surface area contributed by atoms with Crippen LogP contribution in [0.15, 0.2) is 48.5 Å². The SMILES string of the molecule is O=COCc1ccc(OCc2ccccc2)cc1C(F)(F)F. The molecule has 0 fully saturated rings. The Balaban J connectivity index is 2.17. The van der Waals surface area contributed by atoms with Crippen LogP contribution in [-0.2, 0) is 28.9 Å². The number of carbonyl (C=O) groups excluding carboxylic acids is 1. The van der Waals surface area contributed by atoms with Crippen molar-refractivity contribution in [3.63, 3.8) is 0 Å². The number of alkyl halides is 3. The summed E-state index contributed by atoms with van der Waals surface area (Å²) in [5, 5.41) is 0. The molecule has 0 spiro atoms. The lowest BCUT2D eigenvalue weighted by molar-refractivity contribution is -0.140. The largest absolute Gasteiger partial charge is 0.489 e. The highest BCUT2D eigenvalue weighted by Crippen LogP contribution is 2.34. The molecule has 0 atom stereocenters. The molecule has 0 aliphatic rings. The Morgan fingerprint density at radius 3 is 2.36 bits per heavy atom. The summed E-state index contributed by atoms with van der Waals surface area (Å²) in [6, 6.07) is 12.7. The third-order valence-electron chi connectivity index (χ3n) is 2.94. The quantitative estimate of drug-likeness (QED) is 0.758. The Hall–Kier alpha value is -2.50. The van der Waals surface area contributed by atoms with Gasteiger partial charge in [0, 0.05) is 5.56 Å². The number of hydrogen-bond donors (Lipinski definition) is 0. The maximum atomic E-state index is 13.0. The van der Waals surface area contributed by atoms with Gasteiger partial charge in [-0.2, -0.15) is 13.2 Å². The maximum Gasteiger partial charge on any atom is 0.416 e. The highest BCUT2D eigenvalue weighted by molar-refractivity contribution is 5.40. The Bertz CT molecular complexity index is 624. The van der Waals surface area contributed by atoms with E-state index < -0.39 is 18.3 Å². The second kappa shape index (κ2) is 6.98. The maximum absolute atomic E-state index is 13.0. The highest BCUT2D eigenvalue weighted by Gasteiger charge is 2.34. The molecule has 2 aromatic rings. The molecule has 3 nitrogen and oxygen atoms in total. The number of hydrogen-bond acceptors (Lipinski definition) is 3. The minimum atomic E-state index is -4.55. The van der Waals surface area contributed by atoms with E-state index in [1.807, 2.05) is 30.3 Å². The molecule has 0 radical (unpaired) electrons. The van der Waals surface area contributed by atoms with Crippen molar-refractivity contribution in [2.75, 3.05) is 0 Å². The molecular formula is C16H13F3O3. The minimum Gasteiger partial charge on any atom is -0.489 e. The summed E-state index contributed by atoms with van der Waals surface area (Å²) in [5.74, 6) is 0.103. The Labute approximate surface area is 125 Å². The van der Waals surface area contributed by atoms with Crippen LogP contribution in [0, 0.1) is 0 Å². The lowest BCUT2D eigenvalue weighted by Gasteiger charge is -2.14. The van der Waals surface area contributed by atoms with Gasteiger partial charge < -0.3 is 9.47 Å². The Morgan fingerprint density at radius 1 is 1.00 bits per heavy atom. The smallest absolute Gasteiger partial charge is 0.416 e. The van der Waals surface area contributed by atoms with Crippen molar-refractivity contribution < 1.29 is 27.4 Å². The highest BCUT2D eigenvalue weighted by atomic mass is 19.4. The molecule has 2 rings (SSSR count). The first-order valence-corrected chi connectivity index (χ1v) is 6.43. The number of rotatable bonds is 6. The molecule has 0 heterocycles. The molecule has 2 aromatic carbocycles. The van der Waals surface area contributed by atoms with Gasteiger partial charge in [0.1, 0.15) is 19.0 Å². The van der Waals surface area contributed by atoms with Crippen molar-refractivity contribution in [1.29, 1.82) is 0 Å². The summed E-state index contributed by atoms with van der Waals surface area (Å²) < 4.78 is 48.8. The molecule has 0 saturated heterocycles. The summed E-state index contributed by atoms with van der Waals surface area (Å²) in [4.78, 5) is 10.1. The van der Waals surface area contributed by atoms with Gasteiger partial charge in [-0.1, -0.05) is 36.4 Å². The van der Waals surface area contributed by atoms with Crippen molar-refractivity contribution in [3.05, 3.63) is 65.2 Å². The van der Waals surface area contributed by atoms with Gasteiger partial charge in [0.25, 0.3) is 6.47 Å². The second-order valence-electron chi connectivity index (χ2n) is 4.50. The van der Waals surface area contributed by atoms with E-state index in [0.717, 1.165) is 11.6 Å². The van der Waals surface area contributed by atoms with Crippen LogP contribution < -0.4 is 4.74 Å². The normalized spacial score (nSPS) is 11.0. The first kappa shape index (κ1) is 15.9. The van der Waals surface area contributed by atoms with E-state index in [0.29, 0.717) is 0 Å². The predicted molar refractivity (Wildman–Crippen MR) is 73.1 cm³/mol. The third kappa shape index (κ3) is 4.25. The van der Waals surface area contributed by atoms with E-state index in [2.05, 4.69) is 4.74 Å². The molecule has 0 aliphatic carbocycles. The van der Waals surface area contributed by atoms with E-state index in [9.17, 15) is 18.0 Å². The average molecular weight is 310 g/mol. The zero-order valence-electron chi connectivity index (χ0n) is 11.5. The van der Waals surface area contributed by atoms with Crippen LogP contribution in [0.3, 0.4) is 0 Å². The summed E-state index contributed by atoms with van der Waals surface area (Å²) in [7, 11) is 0. The van der Waals surface area contributed by atoms with Gasteiger partial charge in [-0.05, 0) is 17.7 Å². The number of carbonyl (C=O) groups is 1. The molecule has 0 unspecified atom stereocenters. The van der Waals surface area contributed by atoms with E-state index in [4.69, 9.17) is 4.74 Å². The lowest BCUT2D eigenvalue weighted by atomic mass is 10.1. The first-order valence-electron chi connectivity index (χ1n) is 6.43. The van der Waals surface area contributed by atoms with E-state index in [1.54, 1.807) is 0 Å². The van der Waals surface area contributed by atoms with Crippen LogP contribution in [0.4, 0.5) is 13.2 Å². The van der Waals surface area contributed by atoms with Gasteiger partial charge in [0.15, 0.2) is 0 Å². The fourth-order valence-corrected chi connectivity index (χ4v) is 1.90. The molecule has 0 amide bonds. The summed E-state index contributed by atoms with van der Waals surface area (Å²) in [6.07, 6.45) is -4.55. The molecule has 22 heavy (non-hydrogen) atoms. The van der Waals surface area contributed by atoms with Crippen LogP contribution in [0.25, 0.3) is 0 Å². The summed E-state index contributed by atoms with van der Waals surface area (Å²) in [5.41, 5.74) is -0.143. The van der Waals surface area contributed by atoms with Gasteiger partial charge in [-0.15, -0.1) is 0 Å². The van der Waals surface area contributed by atoms with Crippen LogP contribution in [0.1, 0.15) is 16.7 Å². The summed E-state index contributed by atoms with van der Waals surface area (Å²) >= 11 is 0. The Morgan fingerprint density at radius 2 is 1.73 bits per heavy atom. The number of halogens is 3. The predicted octanol–water partition coefficient (Wildman–Crippen LogP) is 3.96. The molecule has 0 bridgehead atoms. The van der Waals surface area contributed by atoms with Crippen LogP contribution in [-0.4, -0.2) is 6.47 Å². The van der Waals surface area contributed by atoms with Crippen molar-refractivity contribution in [2.24, 2.45) is 0 Å². The fourth-order valence-electron chi connectivity index (χ4n) is 1.90. The molecule has 0 saturated carbocycles. The van der Waals surface area contributed by atoms with Gasteiger partial charge in [-0.3, -0.25) is 4.79 Å². The zero-order chi connectivity index (χ0) is 16.0. The average Bonchev–Trinajstić information content (AvgIpc) is 2.51. The van der Waals surface area contributed by atoms with Gasteiger partial charge in [0.05, 0.1) is 5.56 Å². The number of benzene rings is 2. The fraction of sp³-hybridized carbons (Fsp3) is 0.188. The van der Waals surface area contributed by atoms with E-state index >= 15 is 0 Å². The number of ether oxygens (including phenoxy) is 2. The second-order valence-corrected chi connectivity index (χ2v) is 4.50. The van der Waals surface area contributed by atoms with Gasteiger partial charge in [0.2, 0.25) is 0 Å². The molecule has 116 valence electrons. The summed E-state index contributed by atoms with van der Waals surface area (Å²) in [6.45, 7) is -0.153. The van der Waals surface area contributed by atoms with Gasteiger partial charge >= 0.3 is 6.18 Å². The van der Waals surface area contributed by atoms with Gasteiger partial charge in [-0.25, -0.2) is 0 Å². The first-order chi connectivity index (χ1) is 10.5. The zero-order valence-corrected chi connectivity index (χ0v) is 11.5. The Kier molecular flexibility index (Phi) is 5.04. The van der Waals surface area contributed by atoms with E-state index in [1.165, 1.54) is 12.1 Å².